The minimum Gasteiger partial charge on any atom is -0.871 e. The second kappa shape index (κ2) is 16.4. The van der Waals surface area contributed by atoms with E-state index in [2.05, 4.69) is 94.6 Å². The second-order valence-electron chi connectivity index (χ2n) is 14.3. The molecule has 2 N–H and O–H groups in total. The van der Waals surface area contributed by atoms with Crippen LogP contribution in [0, 0.1) is 0 Å². The quantitative estimate of drug-likeness (QED) is 0.0982. The van der Waals surface area contributed by atoms with Gasteiger partial charge in [0, 0.05) is 91.3 Å². The molecule has 0 saturated heterocycles. The third-order valence-electron chi connectivity index (χ3n) is 10.2. The number of benzene rings is 5. The van der Waals surface area contributed by atoms with Crippen LogP contribution in [0.3, 0.4) is 0 Å². The highest BCUT2D eigenvalue weighted by Crippen LogP contribution is 2.42. The van der Waals surface area contributed by atoms with E-state index in [1.54, 1.807) is 12.1 Å². The van der Waals surface area contributed by atoms with E-state index in [1.165, 1.54) is 13.8 Å². The van der Waals surface area contributed by atoms with E-state index in [0.717, 1.165) is 83.1 Å². The number of hydrogen-bond acceptors (Lipinski definition) is 5. The van der Waals surface area contributed by atoms with Crippen LogP contribution in [0.1, 0.15) is 58.9 Å². The van der Waals surface area contributed by atoms with Gasteiger partial charge in [-0.2, -0.15) is 4.58 Å². The Kier molecular flexibility index (Phi) is 11.1. The highest BCUT2D eigenvalue weighted by molar-refractivity contribution is 6.40. The molecule has 0 heterocycles. The molecular weight excluding hydrogens is 697 g/mol. The van der Waals surface area contributed by atoms with Crippen molar-refractivity contribution in [2.24, 2.45) is 0 Å². The number of rotatable bonds is 12. The molecule has 0 aromatic heterocycles. The van der Waals surface area contributed by atoms with E-state index in [1.807, 2.05) is 48.6 Å². The number of ketones is 1. The Morgan fingerprint density at radius 2 is 1.25 bits per heavy atom. The SMILES string of the molecule is CCCCN(CCCC)c1ccc(C2=C([O-])C(=C3C=CC(=[N+](c4ccc5ccccc5c4)c4ccc5ccccc5c4)C=C3NC(C)=O)C2=O)c(NC(C)=O)c1. The van der Waals surface area contributed by atoms with Crippen LogP contribution in [0.5, 0.6) is 0 Å². The molecule has 0 aliphatic heterocycles. The Morgan fingerprint density at radius 3 is 1.79 bits per heavy atom. The Bertz CT molecular complexity index is 2470. The smallest absolute Gasteiger partial charge is 0.221 e. The molecule has 0 spiro atoms. The minimum absolute atomic E-state index is 0.00997. The van der Waals surface area contributed by atoms with E-state index < -0.39 is 11.5 Å². The number of amides is 2. The van der Waals surface area contributed by atoms with Gasteiger partial charge in [0.25, 0.3) is 0 Å². The predicted molar refractivity (Wildman–Crippen MR) is 227 cm³/mol. The molecule has 0 unspecified atom stereocenters. The van der Waals surface area contributed by atoms with Crippen molar-refractivity contribution in [1.29, 1.82) is 0 Å². The van der Waals surface area contributed by atoms with Crippen LogP contribution in [0.15, 0.2) is 144 Å². The molecule has 282 valence electrons. The number of nitrogens with one attached hydrogen (secondary N) is 2. The topological polar surface area (TPSA) is 105 Å². The van der Waals surface area contributed by atoms with Crippen LogP contribution in [-0.2, 0) is 14.4 Å². The lowest BCUT2D eigenvalue weighted by Gasteiger charge is -2.34. The van der Waals surface area contributed by atoms with Crippen molar-refractivity contribution >= 4 is 73.2 Å². The number of unbranched alkanes of at least 4 members (excludes halogenated alkanes) is 2. The fourth-order valence-corrected chi connectivity index (χ4v) is 7.45. The Hall–Kier alpha value is -6.54. The number of hydrogen-bond donors (Lipinski definition) is 2. The first kappa shape index (κ1) is 37.8. The maximum absolute atomic E-state index is 14.1. The predicted octanol–water partition coefficient (Wildman–Crippen LogP) is 8.87. The summed E-state index contributed by atoms with van der Waals surface area (Å²) in [6.07, 6.45) is 9.54. The van der Waals surface area contributed by atoms with Crippen molar-refractivity contribution < 1.29 is 19.5 Å². The zero-order valence-corrected chi connectivity index (χ0v) is 32.3. The van der Waals surface area contributed by atoms with Crippen molar-refractivity contribution in [1.82, 2.24) is 9.89 Å². The fraction of sp³-hybridized carbons (Fsp3) is 0.208. The molecule has 0 saturated carbocycles. The van der Waals surface area contributed by atoms with Crippen LogP contribution in [0.4, 0.5) is 22.7 Å². The molecule has 2 aliphatic rings. The standard InChI is InChI=1S/C48H46N4O4/c1-5-7-25-51(26-8-6-2)37-21-23-41(43(29-37)49-31(3)53)45-47(55)46(48(45)56)42-24-22-40(30-44(42)50-32(4)54)52(38-19-17-33-13-9-11-15-35(33)27-38)39-20-18-34-14-10-12-16-36(34)28-39/h9-24,27-30H,5-8,25-26H2,1-4H3,(H2,49,50,53,54,55,56). The van der Waals surface area contributed by atoms with Gasteiger partial charge in [-0.05, 0) is 64.7 Å². The van der Waals surface area contributed by atoms with E-state index in [-0.39, 0.29) is 23.0 Å². The summed E-state index contributed by atoms with van der Waals surface area (Å²) in [5.74, 6) is -1.52. The van der Waals surface area contributed by atoms with Gasteiger partial charge in [0.05, 0.1) is 11.4 Å². The van der Waals surface area contributed by atoms with E-state index in [4.69, 9.17) is 0 Å². The van der Waals surface area contributed by atoms with Gasteiger partial charge in [-0.15, -0.1) is 0 Å². The molecular formula is C48H46N4O4. The second-order valence-corrected chi connectivity index (χ2v) is 14.3. The number of carbonyl (C=O) groups is 3. The maximum atomic E-state index is 14.1. The van der Waals surface area contributed by atoms with Gasteiger partial charge in [-0.3, -0.25) is 14.4 Å². The average Bonchev–Trinajstić information content (AvgIpc) is 3.19. The van der Waals surface area contributed by atoms with Gasteiger partial charge in [-0.25, -0.2) is 0 Å². The van der Waals surface area contributed by atoms with E-state index >= 15 is 0 Å². The first-order valence-electron chi connectivity index (χ1n) is 19.4. The minimum atomic E-state index is -0.441. The van der Waals surface area contributed by atoms with Crippen molar-refractivity contribution in [3.05, 3.63) is 150 Å². The Morgan fingerprint density at radius 1 is 0.679 bits per heavy atom. The van der Waals surface area contributed by atoms with Crippen molar-refractivity contribution in [3.63, 3.8) is 0 Å². The fourth-order valence-electron chi connectivity index (χ4n) is 7.45. The largest absolute Gasteiger partial charge is 0.871 e. The number of Topliss-reactive ketones (excluding diaryl/α,β-unsaturated/α-hetero) is 1. The molecule has 56 heavy (non-hydrogen) atoms. The number of allylic oxidation sites excluding steroid dienone is 5. The molecule has 7 rings (SSSR count). The molecule has 0 fully saturated rings. The monoisotopic (exact) mass is 742 g/mol. The number of fused-ring (bicyclic) bond motifs is 2. The van der Waals surface area contributed by atoms with Gasteiger partial charge >= 0.3 is 0 Å². The molecule has 2 aliphatic carbocycles. The van der Waals surface area contributed by atoms with Crippen LogP contribution < -0.4 is 25.2 Å². The summed E-state index contributed by atoms with van der Waals surface area (Å²) in [6, 6.07) is 34.4. The summed E-state index contributed by atoms with van der Waals surface area (Å²) in [6.45, 7) is 8.85. The zero-order valence-electron chi connectivity index (χ0n) is 32.3. The summed E-state index contributed by atoms with van der Waals surface area (Å²) >= 11 is 0. The molecule has 8 nitrogen and oxygen atoms in total. The van der Waals surface area contributed by atoms with Gasteiger partial charge in [0.15, 0.2) is 5.78 Å². The average molecular weight is 743 g/mol. The lowest BCUT2D eigenvalue weighted by atomic mass is 9.78. The van der Waals surface area contributed by atoms with Crippen molar-refractivity contribution in [2.45, 2.75) is 53.4 Å². The summed E-state index contributed by atoms with van der Waals surface area (Å²) in [5.41, 5.74) is 4.93. The Balaban J connectivity index is 1.35. The third-order valence-corrected chi connectivity index (χ3v) is 10.2. The lowest BCUT2D eigenvalue weighted by molar-refractivity contribution is -0.297. The number of carbonyl (C=O) groups excluding carboxylic acids is 3. The molecule has 5 aromatic carbocycles. The molecule has 8 heteroatoms. The summed E-state index contributed by atoms with van der Waals surface area (Å²) in [7, 11) is 0. The van der Waals surface area contributed by atoms with Crippen molar-refractivity contribution in [2.75, 3.05) is 23.3 Å². The summed E-state index contributed by atoms with van der Waals surface area (Å²) < 4.78 is 2.10. The van der Waals surface area contributed by atoms with Crippen molar-refractivity contribution in [3.8, 4) is 0 Å². The van der Waals surface area contributed by atoms with Gasteiger partial charge < -0.3 is 20.6 Å². The number of anilines is 2. The van der Waals surface area contributed by atoms with Crippen LogP contribution in [-0.4, -0.2) is 36.4 Å². The molecule has 0 bridgehead atoms. The Labute approximate surface area is 327 Å². The van der Waals surface area contributed by atoms with Crippen LogP contribution >= 0.6 is 0 Å². The van der Waals surface area contributed by atoms with E-state index in [0.29, 0.717) is 22.5 Å². The molecule has 0 radical (unpaired) electrons. The highest BCUT2D eigenvalue weighted by atomic mass is 16.3. The normalized spacial score (nSPS) is 15.2. The van der Waals surface area contributed by atoms with Crippen LogP contribution in [0.2, 0.25) is 0 Å². The molecule has 5 aromatic rings. The first-order valence-corrected chi connectivity index (χ1v) is 19.4. The maximum Gasteiger partial charge on any atom is 0.221 e. The van der Waals surface area contributed by atoms with Gasteiger partial charge in [0.2, 0.25) is 28.9 Å². The van der Waals surface area contributed by atoms with Gasteiger partial charge in [0.1, 0.15) is 0 Å². The highest BCUT2D eigenvalue weighted by Gasteiger charge is 2.35. The molecule has 2 amide bonds. The third kappa shape index (κ3) is 7.68. The van der Waals surface area contributed by atoms with Gasteiger partial charge in [-0.1, -0.05) is 87.0 Å². The van der Waals surface area contributed by atoms with E-state index in [9.17, 15) is 19.5 Å². The molecule has 0 atom stereocenters. The number of nitrogens with zero attached hydrogens (tertiary/aromatic N) is 2. The zero-order chi connectivity index (χ0) is 39.3. The summed E-state index contributed by atoms with van der Waals surface area (Å²) in [5, 5.41) is 24.3. The summed E-state index contributed by atoms with van der Waals surface area (Å²) in [4.78, 5) is 41.5. The first-order chi connectivity index (χ1) is 27.2. The van der Waals surface area contributed by atoms with Crippen LogP contribution in [0.25, 0.3) is 27.1 Å². The lowest BCUT2D eigenvalue weighted by Crippen LogP contribution is -2.34.